The Balaban J connectivity index is 1.78. The largest absolute Gasteiger partial charge is 0.450 e. The molecule has 1 saturated heterocycles. The van der Waals surface area contributed by atoms with Gasteiger partial charge in [-0.05, 0) is 19.4 Å². The van der Waals surface area contributed by atoms with Crippen molar-refractivity contribution >= 4 is 17.9 Å². The number of piperazine rings is 1. The average molecular weight is 347 g/mol. The second kappa shape index (κ2) is 9.05. The molecule has 1 heterocycles. The van der Waals surface area contributed by atoms with Crippen molar-refractivity contribution < 1.29 is 19.1 Å². The fraction of sp³-hybridized carbons (Fsp3) is 0.500. The molecule has 1 aromatic carbocycles. The molecule has 25 heavy (non-hydrogen) atoms. The van der Waals surface area contributed by atoms with E-state index in [2.05, 4.69) is 5.32 Å². The van der Waals surface area contributed by atoms with E-state index in [1.807, 2.05) is 30.3 Å². The zero-order valence-electron chi connectivity index (χ0n) is 14.7. The lowest BCUT2D eigenvalue weighted by Crippen LogP contribution is -2.55. The molecule has 0 aliphatic carbocycles. The SMILES string of the molecule is CCOC(=O)N1CCN(C(=O)[C@H](C)NC(=O)Cc2ccccc2)CC1. The van der Waals surface area contributed by atoms with Gasteiger partial charge in [0, 0.05) is 26.2 Å². The first-order chi connectivity index (χ1) is 12.0. The second-order valence-electron chi connectivity index (χ2n) is 5.96. The first-order valence-electron chi connectivity index (χ1n) is 8.55. The van der Waals surface area contributed by atoms with Crippen molar-refractivity contribution in [2.24, 2.45) is 0 Å². The van der Waals surface area contributed by atoms with Gasteiger partial charge >= 0.3 is 6.09 Å². The third-order valence-corrected chi connectivity index (χ3v) is 4.07. The molecule has 1 N–H and O–H groups in total. The molecule has 0 bridgehead atoms. The molecule has 1 aromatic rings. The van der Waals surface area contributed by atoms with Crippen LogP contribution in [0.25, 0.3) is 0 Å². The summed E-state index contributed by atoms with van der Waals surface area (Å²) >= 11 is 0. The number of ether oxygens (including phenoxy) is 1. The second-order valence-corrected chi connectivity index (χ2v) is 5.96. The summed E-state index contributed by atoms with van der Waals surface area (Å²) in [5.41, 5.74) is 0.905. The molecule has 136 valence electrons. The van der Waals surface area contributed by atoms with E-state index in [9.17, 15) is 14.4 Å². The Hall–Kier alpha value is -2.57. The number of nitrogens with zero attached hydrogens (tertiary/aromatic N) is 2. The van der Waals surface area contributed by atoms with Gasteiger partial charge in [-0.15, -0.1) is 0 Å². The molecule has 0 spiro atoms. The molecule has 0 saturated carbocycles. The summed E-state index contributed by atoms with van der Waals surface area (Å²) in [6, 6.07) is 8.80. The third kappa shape index (κ3) is 5.48. The molecule has 2 rings (SSSR count). The van der Waals surface area contributed by atoms with Crippen molar-refractivity contribution in [2.45, 2.75) is 26.3 Å². The lowest BCUT2D eigenvalue weighted by Gasteiger charge is -2.35. The zero-order chi connectivity index (χ0) is 18.2. The van der Waals surface area contributed by atoms with Crippen LogP contribution >= 0.6 is 0 Å². The third-order valence-electron chi connectivity index (χ3n) is 4.07. The molecule has 0 radical (unpaired) electrons. The van der Waals surface area contributed by atoms with Gasteiger partial charge in [0.15, 0.2) is 0 Å². The standard InChI is InChI=1S/C18H25N3O4/c1-3-25-18(24)21-11-9-20(10-12-21)17(23)14(2)19-16(22)13-15-7-5-4-6-8-15/h4-8,14H,3,9-13H2,1-2H3,(H,19,22)/t14-/m0/s1. The average Bonchev–Trinajstić information content (AvgIpc) is 2.62. The van der Waals surface area contributed by atoms with Crippen LogP contribution in [0.15, 0.2) is 30.3 Å². The molecule has 0 unspecified atom stereocenters. The molecule has 1 aliphatic rings. The summed E-state index contributed by atoms with van der Waals surface area (Å²) < 4.78 is 4.96. The molecule has 7 nitrogen and oxygen atoms in total. The minimum atomic E-state index is -0.592. The molecule has 1 atom stereocenters. The molecular weight excluding hydrogens is 322 g/mol. The fourth-order valence-corrected chi connectivity index (χ4v) is 2.73. The van der Waals surface area contributed by atoms with E-state index in [0.717, 1.165) is 5.56 Å². The van der Waals surface area contributed by atoms with Crippen LogP contribution in [0.4, 0.5) is 4.79 Å². The lowest BCUT2D eigenvalue weighted by atomic mass is 10.1. The highest BCUT2D eigenvalue weighted by Crippen LogP contribution is 2.06. The highest BCUT2D eigenvalue weighted by Gasteiger charge is 2.28. The Kier molecular flexibility index (Phi) is 6.80. The van der Waals surface area contributed by atoms with E-state index in [1.54, 1.807) is 23.6 Å². The van der Waals surface area contributed by atoms with Crippen LogP contribution in [-0.2, 0) is 20.7 Å². The van der Waals surface area contributed by atoms with Gasteiger partial charge in [0.05, 0.1) is 13.0 Å². The quantitative estimate of drug-likeness (QED) is 0.863. The Bertz CT molecular complexity index is 598. The minimum Gasteiger partial charge on any atom is -0.450 e. The summed E-state index contributed by atoms with van der Waals surface area (Å²) in [4.78, 5) is 39.5. The van der Waals surface area contributed by atoms with Crippen LogP contribution in [0.1, 0.15) is 19.4 Å². The summed E-state index contributed by atoms with van der Waals surface area (Å²) in [5, 5.41) is 2.74. The normalized spacial score (nSPS) is 15.4. The predicted octanol–water partition coefficient (Wildman–Crippen LogP) is 1.03. The van der Waals surface area contributed by atoms with Crippen molar-refractivity contribution in [2.75, 3.05) is 32.8 Å². The number of benzene rings is 1. The molecule has 0 aromatic heterocycles. The minimum absolute atomic E-state index is 0.134. The van der Waals surface area contributed by atoms with Crippen LogP contribution < -0.4 is 5.32 Å². The van der Waals surface area contributed by atoms with E-state index in [4.69, 9.17) is 4.74 Å². The van der Waals surface area contributed by atoms with E-state index in [-0.39, 0.29) is 24.3 Å². The van der Waals surface area contributed by atoms with Gasteiger partial charge in [0.25, 0.3) is 0 Å². The summed E-state index contributed by atoms with van der Waals surface area (Å²) in [5.74, 6) is -0.317. The van der Waals surface area contributed by atoms with E-state index in [1.165, 1.54) is 0 Å². The predicted molar refractivity (Wildman–Crippen MR) is 92.9 cm³/mol. The first-order valence-corrected chi connectivity index (χ1v) is 8.55. The van der Waals surface area contributed by atoms with E-state index >= 15 is 0 Å². The van der Waals surface area contributed by atoms with Crippen molar-refractivity contribution in [1.29, 1.82) is 0 Å². The number of carbonyl (C=O) groups is 3. The van der Waals surface area contributed by atoms with Crippen molar-refractivity contribution in [3.05, 3.63) is 35.9 Å². The summed E-state index contributed by atoms with van der Waals surface area (Å²) in [7, 11) is 0. The highest BCUT2D eigenvalue weighted by molar-refractivity contribution is 5.88. The van der Waals surface area contributed by atoms with Crippen molar-refractivity contribution in [3.63, 3.8) is 0 Å². The monoisotopic (exact) mass is 347 g/mol. The zero-order valence-corrected chi connectivity index (χ0v) is 14.7. The number of nitrogens with one attached hydrogen (secondary N) is 1. The summed E-state index contributed by atoms with van der Waals surface area (Å²) in [6.07, 6.45) is -0.103. The van der Waals surface area contributed by atoms with Gasteiger partial charge in [0.2, 0.25) is 11.8 Å². The van der Waals surface area contributed by atoms with Crippen molar-refractivity contribution in [1.82, 2.24) is 15.1 Å². The van der Waals surface area contributed by atoms with Crippen LogP contribution in [0, 0.1) is 0 Å². The molecule has 1 aliphatic heterocycles. The fourth-order valence-electron chi connectivity index (χ4n) is 2.73. The maximum absolute atomic E-state index is 12.5. The Labute approximate surface area is 147 Å². The Morgan fingerprint density at radius 1 is 1.08 bits per heavy atom. The number of hydrogen-bond donors (Lipinski definition) is 1. The van der Waals surface area contributed by atoms with Gasteiger partial charge in [-0.1, -0.05) is 30.3 Å². The topological polar surface area (TPSA) is 79.0 Å². The molecular formula is C18H25N3O4. The van der Waals surface area contributed by atoms with E-state index < -0.39 is 6.04 Å². The molecule has 1 fully saturated rings. The smallest absolute Gasteiger partial charge is 0.409 e. The molecule has 7 heteroatoms. The lowest BCUT2D eigenvalue weighted by molar-refractivity contribution is -0.137. The van der Waals surface area contributed by atoms with Crippen molar-refractivity contribution in [3.8, 4) is 0 Å². The Morgan fingerprint density at radius 2 is 1.68 bits per heavy atom. The van der Waals surface area contributed by atoms with Gasteiger partial charge in [-0.25, -0.2) is 4.79 Å². The van der Waals surface area contributed by atoms with Crippen LogP contribution in [0.5, 0.6) is 0 Å². The van der Waals surface area contributed by atoms with Crippen LogP contribution in [-0.4, -0.2) is 66.5 Å². The van der Waals surface area contributed by atoms with Crippen LogP contribution in [0.3, 0.4) is 0 Å². The number of amides is 3. The van der Waals surface area contributed by atoms with Gasteiger partial charge in [-0.3, -0.25) is 9.59 Å². The Morgan fingerprint density at radius 3 is 2.28 bits per heavy atom. The maximum atomic E-state index is 12.5. The van der Waals surface area contributed by atoms with Gasteiger partial charge in [0.1, 0.15) is 6.04 Å². The van der Waals surface area contributed by atoms with Gasteiger partial charge in [-0.2, -0.15) is 0 Å². The highest BCUT2D eigenvalue weighted by atomic mass is 16.6. The first kappa shape index (κ1) is 18.8. The van der Waals surface area contributed by atoms with Gasteiger partial charge < -0.3 is 19.9 Å². The van der Waals surface area contributed by atoms with Crippen LogP contribution in [0.2, 0.25) is 0 Å². The number of rotatable bonds is 5. The molecule has 3 amide bonds. The summed E-state index contributed by atoms with van der Waals surface area (Å²) in [6.45, 7) is 5.54. The number of carbonyl (C=O) groups excluding carboxylic acids is 3. The maximum Gasteiger partial charge on any atom is 0.409 e. The number of hydrogen-bond acceptors (Lipinski definition) is 4. The van der Waals surface area contributed by atoms with E-state index in [0.29, 0.717) is 32.8 Å².